The van der Waals surface area contributed by atoms with Gasteiger partial charge >= 0.3 is 0 Å². The number of hydrogen-bond donors (Lipinski definition) is 1. The first kappa shape index (κ1) is 21.1. The van der Waals surface area contributed by atoms with Crippen molar-refractivity contribution in [2.24, 2.45) is 0 Å². The highest BCUT2D eigenvalue weighted by atomic mass is 32.2. The lowest BCUT2D eigenvalue weighted by molar-refractivity contribution is -0.120. The van der Waals surface area contributed by atoms with Crippen molar-refractivity contribution in [3.63, 3.8) is 0 Å². The van der Waals surface area contributed by atoms with Crippen molar-refractivity contribution >= 4 is 21.7 Å². The van der Waals surface area contributed by atoms with Crippen LogP contribution in [0.2, 0.25) is 0 Å². The van der Waals surface area contributed by atoms with Gasteiger partial charge in [-0.15, -0.1) is 0 Å². The van der Waals surface area contributed by atoms with Crippen molar-refractivity contribution in [3.8, 4) is 5.75 Å². The maximum atomic E-state index is 12.6. The van der Waals surface area contributed by atoms with E-state index in [4.69, 9.17) is 4.74 Å². The van der Waals surface area contributed by atoms with Crippen LogP contribution in [-0.2, 0) is 21.2 Å². The standard InChI is InChI=1S/C20H26N4O4S/c1-28-18-6-4-5-17(15-18)16-20(25)22-9-14-29(26,27)24-12-10-23(11-13-24)19-7-2-3-8-21-19/h2-8,15H,9-14,16H2,1H3,(H,22,25). The van der Waals surface area contributed by atoms with E-state index in [2.05, 4.69) is 15.2 Å². The molecule has 1 aliphatic rings. The number of methoxy groups -OCH3 is 1. The zero-order valence-corrected chi connectivity index (χ0v) is 17.3. The molecule has 0 radical (unpaired) electrons. The number of benzene rings is 1. The van der Waals surface area contributed by atoms with Gasteiger partial charge in [0, 0.05) is 38.9 Å². The number of nitrogens with one attached hydrogen (secondary N) is 1. The minimum atomic E-state index is -3.42. The molecule has 1 aromatic carbocycles. The molecule has 156 valence electrons. The van der Waals surface area contributed by atoms with Gasteiger partial charge in [-0.1, -0.05) is 18.2 Å². The Morgan fingerprint density at radius 2 is 1.93 bits per heavy atom. The smallest absolute Gasteiger partial charge is 0.224 e. The van der Waals surface area contributed by atoms with Gasteiger partial charge in [-0.25, -0.2) is 13.4 Å². The molecule has 9 heteroatoms. The highest BCUT2D eigenvalue weighted by Crippen LogP contribution is 2.15. The number of anilines is 1. The minimum Gasteiger partial charge on any atom is -0.497 e. The predicted octanol–water partition coefficient (Wildman–Crippen LogP) is 0.901. The number of nitrogens with zero attached hydrogens (tertiary/aromatic N) is 3. The normalized spacial score (nSPS) is 15.1. The molecule has 0 spiro atoms. The van der Waals surface area contributed by atoms with Gasteiger partial charge in [0.2, 0.25) is 15.9 Å². The molecule has 0 bridgehead atoms. The van der Waals surface area contributed by atoms with Crippen LogP contribution in [-0.4, -0.2) is 69.2 Å². The zero-order chi connectivity index (χ0) is 20.7. The van der Waals surface area contributed by atoms with E-state index in [1.807, 2.05) is 36.4 Å². The van der Waals surface area contributed by atoms with E-state index in [0.29, 0.717) is 31.9 Å². The van der Waals surface area contributed by atoms with E-state index in [1.54, 1.807) is 19.4 Å². The summed E-state index contributed by atoms with van der Waals surface area (Å²) in [6, 6.07) is 12.9. The van der Waals surface area contributed by atoms with Crippen LogP contribution in [0.25, 0.3) is 0 Å². The van der Waals surface area contributed by atoms with Crippen LogP contribution < -0.4 is 15.0 Å². The molecule has 0 aliphatic carbocycles. The van der Waals surface area contributed by atoms with Gasteiger partial charge in [-0.3, -0.25) is 4.79 Å². The molecular formula is C20H26N4O4S. The van der Waals surface area contributed by atoms with Crippen LogP contribution in [0.1, 0.15) is 5.56 Å². The average Bonchev–Trinajstić information content (AvgIpc) is 2.74. The maximum Gasteiger partial charge on any atom is 0.224 e. The van der Waals surface area contributed by atoms with Gasteiger partial charge < -0.3 is 15.0 Å². The van der Waals surface area contributed by atoms with Crippen molar-refractivity contribution in [3.05, 3.63) is 54.2 Å². The van der Waals surface area contributed by atoms with E-state index in [1.165, 1.54) is 4.31 Å². The molecule has 2 aromatic rings. The third kappa shape index (κ3) is 5.91. The molecule has 1 N–H and O–H groups in total. The van der Waals surface area contributed by atoms with Crippen molar-refractivity contribution < 1.29 is 17.9 Å². The van der Waals surface area contributed by atoms with Crippen LogP contribution in [0.3, 0.4) is 0 Å². The van der Waals surface area contributed by atoms with Crippen LogP contribution in [0, 0.1) is 0 Å². The van der Waals surface area contributed by atoms with E-state index < -0.39 is 10.0 Å². The lowest BCUT2D eigenvalue weighted by atomic mass is 10.1. The Morgan fingerprint density at radius 1 is 1.14 bits per heavy atom. The van der Waals surface area contributed by atoms with Gasteiger partial charge in [0.15, 0.2) is 0 Å². The summed E-state index contributed by atoms with van der Waals surface area (Å²) >= 11 is 0. The van der Waals surface area contributed by atoms with Gasteiger partial charge in [-0.05, 0) is 29.8 Å². The van der Waals surface area contributed by atoms with Gasteiger partial charge in [0.05, 0.1) is 19.3 Å². The highest BCUT2D eigenvalue weighted by Gasteiger charge is 2.27. The largest absolute Gasteiger partial charge is 0.497 e. The third-order valence-electron chi connectivity index (χ3n) is 4.79. The monoisotopic (exact) mass is 418 g/mol. The van der Waals surface area contributed by atoms with Crippen molar-refractivity contribution in [1.82, 2.24) is 14.6 Å². The number of amides is 1. The van der Waals surface area contributed by atoms with Gasteiger partial charge in [0.1, 0.15) is 11.6 Å². The Kier molecular flexibility index (Phi) is 7.05. The number of piperazine rings is 1. The summed E-state index contributed by atoms with van der Waals surface area (Å²) in [6.07, 6.45) is 1.91. The molecule has 0 unspecified atom stereocenters. The van der Waals surface area contributed by atoms with Crippen LogP contribution in [0.15, 0.2) is 48.7 Å². The topological polar surface area (TPSA) is 91.8 Å². The Bertz CT molecular complexity index is 913. The number of ether oxygens (including phenoxy) is 1. The molecule has 2 heterocycles. The summed E-state index contributed by atoms with van der Waals surface area (Å²) in [5.41, 5.74) is 0.815. The number of aromatic nitrogens is 1. The highest BCUT2D eigenvalue weighted by molar-refractivity contribution is 7.89. The number of sulfonamides is 1. The zero-order valence-electron chi connectivity index (χ0n) is 16.5. The molecular weight excluding hydrogens is 392 g/mol. The summed E-state index contributed by atoms with van der Waals surface area (Å²) in [7, 11) is -1.85. The Balaban J connectivity index is 1.43. The average molecular weight is 419 g/mol. The third-order valence-corrected chi connectivity index (χ3v) is 6.66. The second kappa shape index (κ2) is 9.71. The fraction of sp³-hybridized carbons (Fsp3) is 0.400. The molecule has 3 rings (SSSR count). The SMILES string of the molecule is COc1cccc(CC(=O)NCCS(=O)(=O)N2CCN(c3ccccn3)CC2)c1. The van der Waals surface area contributed by atoms with Crippen LogP contribution in [0.4, 0.5) is 5.82 Å². The Labute approximate surface area is 171 Å². The molecule has 0 atom stereocenters. The van der Waals surface area contributed by atoms with E-state index in [-0.39, 0.29) is 24.6 Å². The van der Waals surface area contributed by atoms with E-state index >= 15 is 0 Å². The summed E-state index contributed by atoms with van der Waals surface area (Å²) < 4.78 is 31.8. The first-order chi connectivity index (χ1) is 14.0. The molecule has 1 aromatic heterocycles. The predicted molar refractivity (Wildman–Crippen MR) is 112 cm³/mol. The van der Waals surface area contributed by atoms with E-state index in [9.17, 15) is 13.2 Å². The first-order valence-corrected chi connectivity index (χ1v) is 11.1. The Morgan fingerprint density at radius 3 is 2.62 bits per heavy atom. The fourth-order valence-corrected chi connectivity index (χ4v) is 4.55. The lowest BCUT2D eigenvalue weighted by Gasteiger charge is -2.34. The Hall–Kier alpha value is -2.65. The molecule has 29 heavy (non-hydrogen) atoms. The molecule has 1 saturated heterocycles. The second-order valence-corrected chi connectivity index (χ2v) is 8.86. The number of hydrogen-bond acceptors (Lipinski definition) is 6. The van der Waals surface area contributed by atoms with Gasteiger partial charge in [0.25, 0.3) is 0 Å². The molecule has 8 nitrogen and oxygen atoms in total. The number of rotatable bonds is 8. The molecule has 1 amide bonds. The first-order valence-electron chi connectivity index (χ1n) is 9.51. The van der Waals surface area contributed by atoms with Gasteiger partial charge in [-0.2, -0.15) is 4.31 Å². The number of carbonyl (C=O) groups excluding carboxylic acids is 1. The summed E-state index contributed by atoms with van der Waals surface area (Å²) in [5, 5.41) is 2.69. The minimum absolute atomic E-state index is 0.0889. The lowest BCUT2D eigenvalue weighted by Crippen LogP contribution is -2.50. The summed E-state index contributed by atoms with van der Waals surface area (Å²) in [4.78, 5) is 18.5. The fourth-order valence-electron chi connectivity index (χ4n) is 3.22. The van der Waals surface area contributed by atoms with Crippen molar-refractivity contribution in [1.29, 1.82) is 0 Å². The summed E-state index contributed by atoms with van der Waals surface area (Å²) in [5.74, 6) is 1.21. The summed E-state index contributed by atoms with van der Waals surface area (Å²) in [6.45, 7) is 2.11. The van der Waals surface area contributed by atoms with Crippen LogP contribution in [0.5, 0.6) is 5.75 Å². The van der Waals surface area contributed by atoms with Crippen LogP contribution >= 0.6 is 0 Å². The maximum absolute atomic E-state index is 12.6. The second-order valence-electron chi connectivity index (χ2n) is 6.77. The molecule has 1 aliphatic heterocycles. The van der Waals surface area contributed by atoms with Crippen molar-refractivity contribution in [2.75, 3.05) is 50.5 Å². The number of carbonyl (C=O) groups is 1. The quantitative estimate of drug-likeness (QED) is 0.685. The van der Waals surface area contributed by atoms with E-state index in [0.717, 1.165) is 11.4 Å². The van der Waals surface area contributed by atoms with Crippen molar-refractivity contribution in [2.45, 2.75) is 6.42 Å². The molecule has 0 saturated carbocycles. The molecule has 1 fully saturated rings. The number of pyridine rings is 1.